The van der Waals surface area contributed by atoms with Gasteiger partial charge in [-0.15, -0.1) is 0 Å². The minimum absolute atomic E-state index is 0.0515. The summed E-state index contributed by atoms with van der Waals surface area (Å²) < 4.78 is 12.2. The summed E-state index contributed by atoms with van der Waals surface area (Å²) in [6.45, 7) is 7.84. The number of amides is 2. The van der Waals surface area contributed by atoms with Gasteiger partial charge < -0.3 is 20.1 Å². The zero-order valence-corrected chi connectivity index (χ0v) is 23.3. The number of nitrogens with one attached hydrogen (secondary N) is 2. The molecule has 0 unspecified atom stereocenters. The zero-order valence-electron chi connectivity index (χ0n) is 21.1. The summed E-state index contributed by atoms with van der Waals surface area (Å²) in [6, 6.07) is 18.6. The van der Waals surface area contributed by atoms with Crippen LogP contribution in [0.5, 0.6) is 11.5 Å². The van der Waals surface area contributed by atoms with Crippen LogP contribution in [-0.4, -0.2) is 25.0 Å². The lowest BCUT2D eigenvalue weighted by Crippen LogP contribution is -2.20. The Bertz CT molecular complexity index is 1380. The summed E-state index contributed by atoms with van der Waals surface area (Å²) >= 11 is 2.08. The first-order valence-corrected chi connectivity index (χ1v) is 12.7. The molecule has 0 fully saturated rings. The van der Waals surface area contributed by atoms with Crippen LogP contribution in [0.25, 0.3) is 6.08 Å². The molecule has 0 aliphatic rings. The van der Waals surface area contributed by atoms with E-state index in [0.29, 0.717) is 38.6 Å². The summed E-state index contributed by atoms with van der Waals surface area (Å²) in [7, 11) is 0. The average Bonchev–Trinajstić information content (AvgIpc) is 2.85. The molecule has 0 aliphatic carbocycles. The highest BCUT2D eigenvalue weighted by Crippen LogP contribution is 2.35. The third kappa shape index (κ3) is 7.82. The molecule has 0 spiro atoms. The predicted octanol–water partition coefficient (Wildman–Crippen LogP) is 6.18. The number of ether oxygens (including phenoxy) is 2. The van der Waals surface area contributed by atoms with Gasteiger partial charge in [-0.1, -0.05) is 35.4 Å². The van der Waals surface area contributed by atoms with Gasteiger partial charge in [0.2, 0.25) is 0 Å². The average molecular weight is 609 g/mol. The van der Waals surface area contributed by atoms with Crippen molar-refractivity contribution in [2.24, 2.45) is 0 Å². The third-order valence-corrected chi connectivity index (χ3v) is 6.12. The number of benzene rings is 3. The van der Waals surface area contributed by atoms with Crippen LogP contribution in [0.2, 0.25) is 0 Å². The number of carbonyl (C=O) groups is 2. The van der Waals surface area contributed by atoms with Gasteiger partial charge >= 0.3 is 0 Å². The van der Waals surface area contributed by atoms with Crippen molar-refractivity contribution in [3.05, 3.63) is 86.0 Å². The zero-order chi connectivity index (χ0) is 26.9. The summed E-state index contributed by atoms with van der Waals surface area (Å²) in [5.74, 6) is 0.0178. The number of rotatable bonds is 9. The van der Waals surface area contributed by atoms with E-state index in [1.54, 1.807) is 12.1 Å². The van der Waals surface area contributed by atoms with Crippen molar-refractivity contribution >= 4 is 51.9 Å². The van der Waals surface area contributed by atoms with E-state index in [9.17, 15) is 14.9 Å². The number of hydrogen-bond acceptors (Lipinski definition) is 5. The molecule has 0 radical (unpaired) electrons. The van der Waals surface area contributed by atoms with Gasteiger partial charge in [0, 0.05) is 11.4 Å². The Morgan fingerprint density at radius 2 is 1.68 bits per heavy atom. The third-order valence-electron chi connectivity index (χ3n) is 5.32. The number of nitrogens with zero attached hydrogens (tertiary/aromatic N) is 1. The number of hydrogen-bond donors (Lipinski definition) is 2. The largest absolute Gasteiger partial charge is 0.490 e. The van der Waals surface area contributed by atoms with Crippen molar-refractivity contribution < 1.29 is 19.1 Å². The van der Waals surface area contributed by atoms with Gasteiger partial charge in [-0.3, -0.25) is 9.59 Å². The molecule has 3 aromatic carbocycles. The van der Waals surface area contributed by atoms with E-state index in [0.717, 1.165) is 16.7 Å². The number of aryl methyl sites for hydroxylation is 3. The van der Waals surface area contributed by atoms with Gasteiger partial charge in [0.1, 0.15) is 11.6 Å². The highest BCUT2D eigenvalue weighted by atomic mass is 127. The maximum atomic E-state index is 12.8. The van der Waals surface area contributed by atoms with Crippen LogP contribution in [-0.2, 0) is 9.59 Å². The van der Waals surface area contributed by atoms with Crippen molar-refractivity contribution in [2.45, 2.75) is 27.7 Å². The number of nitriles is 1. The minimum Gasteiger partial charge on any atom is -0.490 e. The molecule has 0 aromatic heterocycles. The predicted molar refractivity (Wildman–Crippen MR) is 154 cm³/mol. The molecular formula is C29H28IN3O4. The van der Waals surface area contributed by atoms with Gasteiger partial charge in [-0.05, 0) is 97.8 Å². The van der Waals surface area contributed by atoms with Gasteiger partial charge in [0.05, 0.1) is 10.2 Å². The van der Waals surface area contributed by atoms with E-state index in [1.807, 2.05) is 76.2 Å². The number of anilines is 2. The Kier molecular flexibility index (Phi) is 9.69. The number of halogens is 1. The van der Waals surface area contributed by atoms with Crippen LogP contribution in [0.15, 0.2) is 60.2 Å². The Morgan fingerprint density at radius 1 is 0.973 bits per heavy atom. The Labute approximate surface area is 230 Å². The molecule has 0 aliphatic heterocycles. The molecule has 3 aromatic rings. The van der Waals surface area contributed by atoms with E-state index in [1.165, 1.54) is 6.08 Å². The fourth-order valence-electron chi connectivity index (χ4n) is 3.50. The second-order valence-corrected chi connectivity index (χ2v) is 9.57. The first-order valence-electron chi connectivity index (χ1n) is 11.7. The Morgan fingerprint density at radius 3 is 2.32 bits per heavy atom. The van der Waals surface area contributed by atoms with Crippen LogP contribution >= 0.6 is 22.6 Å². The first-order chi connectivity index (χ1) is 17.7. The van der Waals surface area contributed by atoms with E-state index in [4.69, 9.17) is 9.47 Å². The SMILES string of the molecule is CCOc1cc(/C=C(\C#N)C(=O)Nc2ccc(C)cc2C)cc(I)c1OCC(=O)Nc1ccc(C)cc1. The molecule has 2 N–H and O–H groups in total. The highest BCUT2D eigenvalue weighted by Gasteiger charge is 2.16. The number of carbonyl (C=O) groups excluding carboxylic acids is 2. The standard InChI is InChI=1S/C29H28IN3O4/c1-5-36-26-15-21(13-22(16-31)29(35)33-25-11-8-19(3)12-20(25)4)14-24(30)28(26)37-17-27(34)32-23-9-6-18(2)7-10-23/h6-15H,5,17H2,1-4H3,(H,32,34)(H,33,35)/b22-13+. The van der Waals surface area contributed by atoms with Crippen molar-refractivity contribution in [3.8, 4) is 17.6 Å². The normalized spacial score (nSPS) is 10.9. The van der Waals surface area contributed by atoms with Crippen LogP contribution in [0, 0.1) is 35.7 Å². The summed E-state index contributed by atoms with van der Waals surface area (Å²) in [5.41, 5.74) is 4.96. The lowest BCUT2D eigenvalue weighted by molar-refractivity contribution is -0.118. The Balaban J connectivity index is 1.77. The molecule has 7 nitrogen and oxygen atoms in total. The molecule has 0 saturated heterocycles. The Hall–Kier alpha value is -3.84. The maximum Gasteiger partial charge on any atom is 0.266 e. The summed E-state index contributed by atoms with van der Waals surface area (Å²) in [6.07, 6.45) is 1.50. The van der Waals surface area contributed by atoms with Crippen LogP contribution < -0.4 is 20.1 Å². The smallest absolute Gasteiger partial charge is 0.266 e. The second-order valence-electron chi connectivity index (χ2n) is 8.41. The van der Waals surface area contributed by atoms with Crippen molar-refractivity contribution in [2.75, 3.05) is 23.8 Å². The van der Waals surface area contributed by atoms with Crippen molar-refractivity contribution in [3.63, 3.8) is 0 Å². The van der Waals surface area contributed by atoms with Gasteiger partial charge in [-0.2, -0.15) is 5.26 Å². The second kappa shape index (κ2) is 12.9. The molecule has 0 saturated carbocycles. The highest BCUT2D eigenvalue weighted by molar-refractivity contribution is 14.1. The molecular weight excluding hydrogens is 581 g/mol. The van der Waals surface area contributed by atoms with E-state index < -0.39 is 5.91 Å². The van der Waals surface area contributed by atoms with Gasteiger partial charge in [0.25, 0.3) is 11.8 Å². The summed E-state index contributed by atoms with van der Waals surface area (Å²) in [4.78, 5) is 25.2. The lowest BCUT2D eigenvalue weighted by atomic mass is 10.1. The molecule has 0 heterocycles. The fraction of sp³-hybridized carbons (Fsp3) is 0.207. The van der Waals surface area contributed by atoms with Crippen LogP contribution in [0.3, 0.4) is 0 Å². The molecule has 0 atom stereocenters. The fourth-order valence-corrected chi connectivity index (χ4v) is 4.29. The quantitative estimate of drug-likeness (QED) is 0.172. The van der Waals surface area contributed by atoms with Crippen LogP contribution in [0.4, 0.5) is 11.4 Å². The first kappa shape index (κ1) is 27.7. The topological polar surface area (TPSA) is 100 Å². The lowest BCUT2D eigenvalue weighted by Gasteiger charge is -2.15. The van der Waals surface area contributed by atoms with E-state index in [-0.39, 0.29) is 18.1 Å². The van der Waals surface area contributed by atoms with E-state index >= 15 is 0 Å². The molecule has 2 amide bonds. The monoisotopic (exact) mass is 609 g/mol. The van der Waals surface area contributed by atoms with Gasteiger partial charge in [-0.25, -0.2) is 0 Å². The molecule has 190 valence electrons. The maximum absolute atomic E-state index is 12.8. The van der Waals surface area contributed by atoms with E-state index in [2.05, 4.69) is 33.2 Å². The van der Waals surface area contributed by atoms with Crippen molar-refractivity contribution in [1.29, 1.82) is 5.26 Å². The van der Waals surface area contributed by atoms with Crippen LogP contribution in [0.1, 0.15) is 29.2 Å². The van der Waals surface area contributed by atoms with Gasteiger partial charge in [0.15, 0.2) is 18.1 Å². The molecule has 37 heavy (non-hydrogen) atoms. The molecule has 8 heteroatoms. The summed E-state index contributed by atoms with van der Waals surface area (Å²) in [5, 5.41) is 15.2. The molecule has 3 rings (SSSR count). The minimum atomic E-state index is -0.504. The van der Waals surface area contributed by atoms with Crippen molar-refractivity contribution in [1.82, 2.24) is 0 Å². The molecule has 0 bridgehead atoms.